The zero-order chi connectivity index (χ0) is 19.0. The predicted molar refractivity (Wildman–Crippen MR) is 102 cm³/mol. The molecule has 0 aliphatic rings. The maximum absolute atomic E-state index is 13.0. The molecule has 134 valence electrons. The molecule has 0 aliphatic heterocycles. The maximum atomic E-state index is 13.0. The van der Waals surface area contributed by atoms with Crippen LogP contribution in [-0.4, -0.2) is 5.97 Å². The summed E-state index contributed by atoms with van der Waals surface area (Å²) in [5, 5.41) is 0.869. The van der Waals surface area contributed by atoms with Crippen LogP contribution in [0.1, 0.15) is 10.6 Å². The Bertz CT molecular complexity index is 1210. The first-order valence-electron chi connectivity index (χ1n) is 7.81. The summed E-state index contributed by atoms with van der Waals surface area (Å²) in [5.74, 6) is -1.13. The maximum Gasteiger partial charge on any atom is 0.379 e. The summed E-state index contributed by atoms with van der Waals surface area (Å²) in [5.41, 5.74) is 0.154. The van der Waals surface area contributed by atoms with Gasteiger partial charge in [-0.1, -0.05) is 35.3 Å². The van der Waals surface area contributed by atoms with Gasteiger partial charge < -0.3 is 13.6 Å². The molecule has 0 N–H and O–H groups in total. The molecule has 0 saturated heterocycles. The lowest BCUT2D eigenvalue weighted by atomic mass is 10.1. The van der Waals surface area contributed by atoms with Gasteiger partial charge in [-0.2, -0.15) is 0 Å². The first kappa shape index (κ1) is 17.4. The van der Waals surface area contributed by atoms with E-state index in [1.165, 1.54) is 24.5 Å². The lowest BCUT2D eigenvalue weighted by molar-refractivity contribution is 0.0698. The van der Waals surface area contributed by atoms with Crippen LogP contribution < -0.4 is 10.2 Å². The summed E-state index contributed by atoms with van der Waals surface area (Å²) in [6, 6.07) is 14.3. The summed E-state index contributed by atoms with van der Waals surface area (Å²) in [4.78, 5) is 25.4. The standard InChI is InChI=1S/C20H10Cl2O5/c21-11-7-8-15-13(10-11)17(23)19(27-20(24)16-6-3-9-25-16)18(26-15)12-4-1-2-5-14(12)22/h1-10H. The molecule has 2 aromatic heterocycles. The number of halogens is 2. The Labute approximate surface area is 162 Å². The third-order valence-electron chi connectivity index (χ3n) is 3.85. The highest BCUT2D eigenvalue weighted by atomic mass is 35.5. The van der Waals surface area contributed by atoms with E-state index in [1.54, 1.807) is 36.4 Å². The second-order valence-electron chi connectivity index (χ2n) is 5.58. The molecule has 4 rings (SSSR count). The fraction of sp³-hybridized carbons (Fsp3) is 0. The average molecular weight is 401 g/mol. The lowest BCUT2D eigenvalue weighted by Gasteiger charge is -2.11. The molecule has 7 heteroatoms. The Kier molecular flexibility index (Phi) is 4.48. The highest BCUT2D eigenvalue weighted by molar-refractivity contribution is 6.33. The summed E-state index contributed by atoms with van der Waals surface area (Å²) < 4.78 is 16.2. The molecular weight excluding hydrogens is 391 g/mol. The topological polar surface area (TPSA) is 69.7 Å². The quantitative estimate of drug-likeness (QED) is 0.419. The zero-order valence-corrected chi connectivity index (χ0v) is 15.1. The van der Waals surface area contributed by atoms with Gasteiger partial charge in [0.05, 0.1) is 16.7 Å². The monoisotopic (exact) mass is 400 g/mol. The molecular formula is C20H10Cl2O5. The molecule has 0 amide bonds. The number of carbonyl (C=O) groups excluding carboxylic acids is 1. The van der Waals surface area contributed by atoms with Crippen molar-refractivity contribution in [2.75, 3.05) is 0 Å². The molecule has 0 bridgehead atoms. The number of esters is 1. The molecule has 0 aliphatic carbocycles. The van der Waals surface area contributed by atoms with Gasteiger partial charge in [-0.25, -0.2) is 4.79 Å². The average Bonchev–Trinajstić information content (AvgIpc) is 3.20. The molecule has 0 saturated carbocycles. The molecule has 0 unspecified atom stereocenters. The van der Waals surface area contributed by atoms with Crippen molar-refractivity contribution in [2.24, 2.45) is 0 Å². The van der Waals surface area contributed by atoms with Crippen LogP contribution in [0.3, 0.4) is 0 Å². The summed E-state index contributed by atoms with van der Waals surface area (Å²) >= 11 is 12.2. The van der Waals surface area contributed by atoms with Crippen molar-refractivity contribution in [3.63, 3.8) is 0 Å². The molecule has 2 heterocycles. The molecule has 0 atom stereocenters. The number of fused-ring (bicyclic) bond motifs is 1. The first-order valence-corrected chi connectivity index (χ1v) is 8.57. The molecule has 27 heavy (non-hydrogen) atoms. The Morgan fingerprint density at radius 3 is 2.56 bits per heavy atom. The Morgan fingerprint density at radius 2 is 1.81 bits per heavy atom. The number of ether oxygens (including phenoxy) is 1. The fourth-order valence-corrected chi connectivity index (χ4v) is 3.00. The summed E-state index contributed by atoms with van der Waals surface area (Å²) in [6.45, 7) is 0. The molecule has 4 aromatic rings. The first-order chi connectivity index (χ1) is 13.0. The van der Waals surface area contributed by atoms with Crippen LogP contribution in [0.4, 0.5) is 0 Å². The Morgan fingerprint density at radius 1 is 1.00 bits per heavy atom. The highest BCUT2D eigenvalue weighted by Crippen LogP contribution is 2.36. The lowest BCUT2D eigenvalue weighted by Crippen LogP contribution is -2.16. The van der Waals surface area contributed by atoms with Crippen LogP contribution in [-0.2, 0) is 0 Å². The minimum Gasteiger partial charge on any atom is -0.457 e. The van der Waals surface area contributed by atoms with Crippen LogP contribution in [0.5, 0.6) is 5.75 Å². The smallest absolute Gasteiger partial charge is 0.379 e. The normalized spacial score (nSPS) is 10.9. The van der Waals surface area contributed by atoms with E-state index in [4.69, 9.17) is 36.8 Å². The summed E-state index contributed by atoms with van der Waals surface area (Å²) in [7, 11) is 0. The van der Waals surface area contributed by atoms with Crippen LogP contribution in [0.15, 0.2) is 74.5 Å². The van der Waals surface area contributed by atoms with Crippen LogP contribution in [0, 0.1) is 0 Å². The van der Waals surface area contributed by atoms with E-state index in [-0.39, 0.29) is 28.2 Å². The van der Waals surface area contributed by atoms with Gasteiger partial charge in [-0.3, -0.25) is 4.79 Å². The van der Waals surface area contributed by atoms with E-state index in [1.807, 2.05) is 0 Å². The third-order valence-corrected chi connectivity index (χ3v) is 4.41. The molecule has 5 nitrogen and oxygen atoms in total. The van der Waals surface area contributed by atoms with Crippen molar-refractivity contribution < 1.29 is 18.4 Å². The van der Waals surface area contributed by atoms with E-state index in [9.17, 15) is 9.59 Å². The third kappa shape index (κ3) is 3.23. The van der Waals surface area contributed by atoms with Gasteiger partial charge in [-0.05, 0) is 42.5 Å². The number of hydrogen-bond acceptors (Lipinski definition) is 5. The number of benzene rings is 2. The Hall–Kier alpha value is -3.02. The van der Waals surface area contributed by atoms with Gasteiger partial charge in [0, 0.05) is 10.6 Å². The van der Waals surface area contributed by atoms with Gasteiger partial charge in [0.2, 0.25) is 16.9 Å². The zero-order valence-electron chi connectivity index (χ0n) is 13.6. The van der Waals surface area contributed by atoms with E-state index in [2.05, 4.69) is 0 Å². The predicted octanol–water partition coefficient (Wildman–Crippen LogP) is 5.58. The van der Waals surface area contributed by atoms with Gasteiger partial charge in [-0.15, -0.1) is 0 Å². The van der Waals surface area contributed by atoms with Crippen molar-refractivity contribution in [1.82, 2.24) is 0 Å². The number of rotatable bonds is 3. The second kappa shape index (κ2) is 6.95. The van der Waals surface area contributed by atoms with Crippen molar-refractivity contribution in [3.05, 3.63) is 86.9 Å². The number of hydrogen-bond donors (Lipinski definition) is 0. The van der Waals surface area contributed by atoms with Crippen molar-refractivity contribution >= 4 is 40.1 Å². The molecule has 2 aromatic carbocycles. The Balaban J connectivity index is 1.97. The van der Waals surface area contributed by atoms with Gasteiger partial charge in [0.15, 0.2) is 5.76 Å². The van der Waals surface area contributed by atoms with Crippen molar-refractivity contribution in [3.8, 4) is 17.1 Å². The van der Waals surface area contributed by atoms with Crippen molar-refractivity contribution in [1.29, 1.82) is 0 Å². The molecule has 0 radical (unpaired) electrons. The minimum absolute atomic E-state index is 0.0420. The van der Waals surface area contributed by atoms with E-state index >= 15 is 0 Å². The van der Waals surface area contributed by atoms with Gasteiger partial charge >= 0.3 is 5.97 Å². The fourth-order valence-electron chi connectivity index (χ4n) is 2.60. The van der Waals surface area contributed by atoms with Crippen LogP contribution in [0.2, 0.25) is 10.0 Å². The van der Waals surface area contributed by atoms with E-state index in [0.717, 1.165) is 0 Å². The molecule has 0 fully saturated rings. The SMILES string of the molecule is O=C(Oc1c(-c2ccccc2Cl)oc2ccc(Cl)cc2c1=O)c1ccco1. The van der Waals surface area contributed by atoms with E-state index in [0.29, 0.717) is 15.6 Å². The van der Waals surface area contributed by atoms with E-state index < -0.39 is 11.4 Å². The van der Waals surface area contributed by atoms with Crippen molar-refractivity contribution in [2.45, 2.75) is 0 Å². The minimum atomic E-state index is -0.831. The molecule has 0 spiro atoms. The largest absolute Gasteiger partial charge is 0.457 e. The van der Waals surface area contributed by atoms with Gasteiger partial charge in [0.1, 0.15) is 5.58 Å². The van der Waals surface area contributed by atoms with Gasteiger partial charge in [0.25, 0.3) is 0 Å². The summed E-state index contributed by atoms with van der Waals surface area (Å²) in [6.07, 6.45) is 1.33. The number of carbonyl (C=O) groups is 1. The van der Waals surface area contributed by atoms with Crippen LogP contribution in [0.25, 0.3) is 22.3 Å². The highest BCUT2D eigenvalue weighted by Gasteiger charge is 2.23. The van der Waals surface area contributed by atoms with Crippen LogP contribution >= 0.6 is 23.2 Å². The second-order valence-corrected chi connectivity index (χ2v) is 6.42. The number of furan rings is 1.